The van der Waals surface area contributed by atoms with Gasteiger partial charge in [-0.1, -0.05) is 0 Å². The van der Waals surface area contributed by atoms with E-state index in [2.05, 4.69) is 5.32 Å². The molecule has 35 heavy (non-hydrogen) atoms. The fraction of sp³-hybridized carbons (Fsp3) is 0.292. The van der Waals surface area contributed by atoms with Gasteiger partial charge < -0.3 is 34.3 Å². The van der Waals surface area contributed by atoms with Gasteiger partial charge in [0, 0.05) is 56.1 Å². The summed E-state index contributed by atoms with van der Waals surface area (Å²) >= 11 is 5.57. The number of nitrogens with one attached hydrogen (secondary N) is 1. The highest BCUT2D eigenvalue weighted by Gasteiger charge is 2.24. The molecule has 0 atom stereocenters. The molecule has 0 bridgehead atoms. The van der Waals surface area contributed by atoms with E-state index in [9.17, 15) is 14.7 Å². The van der Waals surface area contributed by atoms with Crippen LogP contribution in [-0.2, 0) is 6.54 Å². The molecule has 3 aromatic rings. The second kappa shape index (κ2) is 9.06. The number of piperazine rings is 1. The summed E-state index contributed by atoms with van der Waals surface area (Å²) in [4.78, 5) is 27.9. The molecule has 2 N–H and O–H groups in total. The summed E-state index contributed by atoms with van der Waals surface area (Å²) < 4.78 is 27.5. The Morgan fingerprint density at radius 2 is 1.89 bits per heavy atom. The van der Waals surface area contributed by atoms with Crippen LogP contribution in [0.2, 0.25) is 0 Å². The van der Waals surface area contributed by atoms with Gasteiger partial charge in [0.2, 0.25) is 12.2 Å². The Bertz CT molecular complexity index is 1400. The first-order valence-electron chi connectivity index (χ1n) is 11.2. The van der Waals surface area contributed by atoms with E-state index in [-0.39, 0.29) is 17.7 Å². The van der Waals surface area contributed by atoms with Crippen molar-refractivity contribution in [3.63, 3.8) is 0 Å². The largest absolute Gasteiger partial charge is 0.477 e. The first-order chi connectivity index (χ1) is 16.9. The fourth-order valence-corrected chi connectivity index (χ4v) is 4.68. The van der Waals surface area contributed by atoms with E-state index in [1.165, 1.54) is 6.20 Å². The average Bonchev–Trinajstić information content (AvgIpc) is 3.32. The van der Waals surface area contributed by atoms with Crippen molar-refractivity contribution in [2.75, 3.05) is 43.2 Å². The Hall–Kier alpha value is -3.86. The molecule has 0 saturated carbocycles. The number of anilines is 2. The van der Waals surface area contributed by atoms with Crippen molar-refractivity contribution in [3.8, 4) is 11.5 Å². The van der Waals surface area contributed by atoms with Crippen LogP contribution in [0.1, 0.15) is 17.3 Å². The van der Waals surface area contributed by atoms with Crippen LogP contribution in [0.5, 0.6) is 11.5 Å². The molecule has 1 aromatic heterocycles. The standard InChI is InChI=1S/C24H23FN4O5S/c1-2-27-12-16(23(31)32)22(30)15-10-17(25)19(11-18(15)27)28-5-7-29(8-6-28)24(35)26-14-3-4-20-21(9-14)34-13-33-20/h3-4,9-12H,2,5-8,13H2,1H3,(H,26,35)(H,31,32). The maximum Gasteiger partial charge on any atom is 0.341 e. The summed E-state index contributed by atoms with van der Waals surface area (Å²) in [7, 11) is 0. The van der Waals surface area contributed by atoms with Crippen LogP contribution in [-0.4, -0.2) is 58.6 Å². The number of aromatic carboxylic acids is 1. The minimum absolute atomic E-state index is 0.0562. The zero-order valence-corrected chi connectivity index (χ0v) is 19.7. The fourth-order valence-electron chi connectivity index (χ4n) is 4.38. The van der Waals surface area contributed by atoms with E-state index in [0.29, 0.717) is 60.5 Å². The topological polar surface area (TPSA) is 96.3 Å². The van der Waals surface area contributed by atoms with Gasteiger partial charge in [-0.05, 0) is 43.4 Å². The van der Waals surface area contributed by atoms with Gasteiger partial charge in [-0.3, -0.25) is 4.79 Å². The van der Waals surface area contributed by atoms with Gasteiger partial charge in [0.1, 0.15) is 11.4 Å². The monoisotopic (exact) mass is 498 g/mol. The molecule has 1 fully saturated rings. The molecular weight excluding hydrogens is 475 g/mol. The lowest BCUT2D eigenvalue weighted by atomic mass is 10.1. The van der Waals surface area contributed by atoms with Crippen LogP contribution < -0.4 is 25.1 Å². The number of carboxylic acids is 1. The highest BCUT2D eigenvalue weighted by molar-refractivity contribution is 7.80. The van der Waals surface area contributed by atoms with E-state index in [0.717, 1.165) is 11.8 Å². The predicted octanol–water partition coefficient (Wildman–Crippen LogP) is 3.11. The van der Waals surface area contributed by atoms with Crippen molar-refractivity contribution >= 4 is 45.6 Å². The summed E-state index contributed by atoms with van der Waals surface area (Å²) in [6.45, 7) is 4.68. The summed E-state index contributed by atoms with van der Waals surface area (Å²) in [6, 6.07) is 8.29. The number of aromatic nitrogens is 1. The van der Waals surface area contributed by atoms with Crippen molar-refractivity contribution in [2.24, 2.45) is 0 Å². The number of benzene rings is 2. The van der Waals surface area contributed by atoms with Crippen molar-refractivity contribution in [1.29, 1.82) is 0 Å². The number of fused-ring (bicyclic) bond motifs is 2. The lowest BCUT2D eigenvalue weighted by Gasteiger charge is -2.37. The summed E-state index contributed by atoms with van der Waals surface area (Å²) in [5.41, 5.74) is 0.606. The number of carboxylic acid groups (broad SMARTS) is 1. The number of hydrogen-bond donors (Lipinski definition) is 2. The average molecular weight is 499 g/mol. The predicted molar refractivity (Wildman–Crippen MR) is 133 cm³/mol. The van der Waals surface area contributed by atoms with Gasteiger partial charge >= 0.3 is 5.97 Å². The van der Waals surface area contributed by atoms with Crippen LogP contribution >= 0.6 is 12.2 Å². The van der Waals surface area contributed by atoms with Crippen molar-refractivity contribution in [2.45, 2.75) is 13.5 Å². The Balaban J connectivity index is 1.32. The Morgan fingerprint density at radius 1 is 1.14 bits per heavy atom. The third-order valence-electron chi connectivity index (χ3n) is 6.25. The third kappa shape index (κ3) is 4.23. The Morgan fingerprint density at radius 3 is 2.60 bits per heavy atom. The molecule has 182 valence electrons. The number of nitrogens with zero attached hydrogens (tertiary/aromatic N) is 3. The van der Waals surface area contributed by atoms with Crippen LogP contribution in [0.4, 0.5) is 15.8 Å². The van der Waals surface area contributed by atoms with Crippen molar-refractivity contribution in [3.05, 3.63) is 58.1 Å². The van der Waals surface area contributed by atoms with E-state index < -0.39 is 17.2 Å². The van der Waals surface area contributed by atoms with Gasteiger partial charge in [-0.25, -0.2) is 9.18 Å². The number of carbonyl (C=O) groups is 1. The first kappa shape index (κ1) is 22.9. The SMILES string of the molecule is CCn1cc(C(=O)O)c(=O)c2cc(F)c(N3CCN(C(=S)Nc4ccc5c(c4)OCO5)CC3)cc21. The quantitative estimate of drug-likeness (QED) is 0.526. The second-order valence-corrected chi connectivity index (χ2v) is 8.64. The number of hydrogen-bond acceptors (Lipinski definition) is 6. The highest BCUT2D eigenvalue weighted by Crippen LogP contribution is 2.34. The highest BCUT2D eigenvalue weighted by atomic mass is 32.1. The maximum absolute atomic E-state index is 15.1. The second-order valence-electron chi connectivity index (χ2n) is 8.26. The van der Waals surface area contributed by atoms with Crippen LogP contribution in [0.15, 0.2) is 41.3 Å². The molecule has 0 spiro atoms. The van der Waals surface area contributed by atoms with Gasteiger partial charge in [-0.15, -0.1) is 0 Å². The molecule has 2 aliphatic heterocycles. The zero-order chi connectivity index (χ0) is 24.7. The molecule has 3 heterocycles. The van der Waals surface area contributed by atoms with Crippen molar-refractivity contribution < 1.29 is 23.8 Å². The van der Waals surface area contributed by atoms with Crippen LogP contribution in [0.3, 0.4) is 0 Å². The normalized spacial score (nSPS) is 14.9. The number of halogens is 1. The number of ether oxygens (including phenoxy) is 2. The summed E-state index contributed by atoms with van der Waals surface area (Å²) in [5, 5.41) is 13.2. The first-order valence-corrected chi connectivity index (χ1v) is 11.6. The number of pyridine rings is 1. The van der Waals surface area contributed by atoms with E-state index in [1.54, 1.807) is 10.6 Å². The minimum atomic E-state index is -1.33. The molecule has 0 aliphatic carbocycles. The third-order valence-corrected chi connectivity index (χ3v) is 6.61. The molecule has 0 unspecified atom stereocenters. The minimum Gasteiger partial charge on any atom is -0.477 e. The molecule has 2 aromatic carbocycles. The molecule has 11 heteroatoms. The van der Waals surface area contributed by atoms with Gasteiger partial charge in [0.05, 0.1) is 11.2 Å². The number of aryl methyl sites for hydroxylation is 1. The molecule has 2 aliphatic rings. The van der Waals surface area contributed by atoms with Crippen LogP contribution in [0.25, 0.3) is 10.9 Å². The summed E-state index contributed by atoms with van der Waals surface area (Å²) in [5.74, 6) is -0.532. The van der Waals surface area contributed by atoms with E-state index >= 15 is 4.39 Å². The van der Waals surface area contributed by atoms with Gasteiger partial charge in [0.25, 0.3) is 0 Å². The van der Waals surface area contributed by atoms with E-state index in [4.69, 9.17) is 21.7 Å². The number of rotatable bonds is 4. The van der Waals surface area contributed by atoms with Crippen molar-refractivity contribution in [1.82, 2.24) is 9.47 Å². The molecule has 5 rings (SSSR count). The molecular formula is C24H23FN4O5S. The molecule has 0 amide bonds. The van der Waals surface area contributed by atoms with Gasteiger partial charge in [-0.2, -0.15) is 0 Å². The number of thiocarbonyl (C=S) groups is 1. The molecule has 1 saturated heterocycles. The lowest BCUT2D eigenvalue weighted by molar-refractivity contribution is 0.0695. The molecule has 9 nitrogen and oxygen atoms in total. The maximum atomic E-state index is 15.1. The van der Waals surface area contributed by atoms with Gasteiger partial charge in [0.15, 0.2) is 16.6 Å². The lowest BCUT2D eigenvalue weighted by Crippen LogP contribution is -2.50. The smallest absolute Gasteiger partial charge is 0.341 e. The van der Waals surface area contributed by atoms with Crippen LogP contribution in [0, 0.1) is 5.82 Å². The molecule has 0 radical (unpaired) electrons. The Kier molecular flexibility index (Phi) is 5.93. The zero-order valence-electron chi connectivity index (χ0n) is 18.9. The summed E-state index contributed by atoms with van der Waals surface area (Å²) in [6.07, 6.45) is 1.31. The van der Waals surface area contributed by atoms with E-state index in [1.807, 2.05) is 34.9 Å². The Labute approximate surface area is 205 Å².